The van der Waals surface area contributed by atoms with Crippen LogP contribution in [-0.4, -0.2) is 29.3 Å². The predicted molar refractivity (Wildman–Crippen MR) is 122 cm³/mol. The summed E-state index contributed by atoms with van der Waals surface area (Å²) in [4.78, 5) is 40.0. The third-order valence-electron chi connectivity index (χ3n) is 5.91. The monoisotopic (exact) mass is 439 g/mol. The Morgan fingerprint density at radius 3 is 2.47 bits per heavy atom. The van der Waals surface area contributed by atoms with Gasteiger partial charge < -0.3 is 10.6 Å². The highest BCUT2D eigenvalue weighted by Gasteiger charge is 2.52. The molecule has 32 heavy (non-hydrogen) atoms. The largest absolute Gasteiger partial charge is 0.325 e. The maximum Gasteiger partial charge on any atom is 0.325 e. The SMILES string of the molecule is CCCC[C@]1(c2ccc(F)cc2)NC(=O)N(CC(=O)Nc2c(C)cccc2C(C)C)C1=O. The Balaban J connectivity index is 1.85. The molecule has 0 saturated carbocycles. The van der Waals surface area contributed by atoms with Crippen LogP contribution < -0.4 is 10.6 Å². The molecular formula is C25H30FN3O3. The van der Waals surface area contributed by atoms with E-state index in [1.807, 2.05) is 45.9 Å². The van der Waals surface area contributed by atoms with Crippen LogP contribution in [0.25, 0.3) is 0 Å². The molecule has 0 spiro atoms. The second kappa shape index (κ2) is 9.51. The first-order valence-corrected chi connectivity index (χ1v) is 11.0. The van der Waals surface area contributed by atoms with E-state index in [1.165, 1.54) is 24.3 Å². The number of unbranched alkanes of at least 4 members (excludes halogenated alkanes) is 1. The van der Waals surface area contributed by atoms with Crippen LogP contribution in [0.5, 0.6) is 0 Å². The van der Waals surface area contributed by atoms with Crippen molar-refractivity contribution in [2.24, 2.45) is 0 Å². The number of nitrogens with zero attached hydrogens (tertiary/aromatic N) is 1. The molecule has 1 fully saturated rings. The number of halogens is 1. The van der Waals surface area contributed by atoms with E-state index in [-0.39, 0.29) is 5.92 Å². The highest BCUT2D eigenvalue weighted by molar-refractivity contribution is 6.10. The number of hydrogen-bond donors (Lipinski definition) is 2. The van der Waals surface area contributed by atoms with E-state index in [0.717, 1.165) is 22.4 Å². The number of aryl methyl sites for hydroxylation is 1. The molecule has 1 atom stereocenters. The lowest BCUT2D eigenvalue weighted by Crippen LogP contribution is -2.44. The standard InChI is InChI=1S/C25H30FN3O3/c1-5-6-14-25(18-10-12-19(26)13-11-18)23(31)29(24(32)28-25)15-21(30)27-22-17(4)8-7-9-20(22)16(2)3/h7-13,16H,5-6,14-15H2,1-4H3,(H,27,30)(H,28,32)/t25-/m1/s1. The van der Waals surface area contributed by atoms with Gasteiger partial charge >= 0.3 is 6.03 Å². The number of rotatable bonds is 8. The zero-order valence-electron chi connectivity index (χ0n) is 19.0. The van der Waals surface area contributed by atoms with Gasteiger partial charge in [-0.1, -0.05) is 63.9 Å². The van der Waals surface area contributed by atoms with Crippen molar-refractivity contribution in [1.29, 1.82) is 0 Å². The number of carbonyl (C=O) groups is 3. The van der Waals surface area contributed by atoms with Crippen LogP contribution in [0.15, 0.2) is 42.5 Å². The minimum atomic E-state index is -1.30. The first kappa shape index (κ1) is 23.4. The van der Waals surface area contributed by atoms with Gasteiger partial charge in [-0.3, -0.25) is 14.5 Å². The Morgan fingerprint density at radius 1 is 1.16 bits per heavy atom. The molecule has 7 heteroatoms. The first-order chi connectivity index (χ1) is 15.2. The number of imide groups is 1. The molecule has 1 heterocycles. The van der Waals surface area contributed by atoms with Gasteiger partial charge in [-0.15, -0.1) is 0 Å². The van der Waals surface area contributed by atoms with Gasteiger partial charge in [-0.25, -0.2) is 9.18 Å². The smallest absolute Gasteiger partial charge is 0.324 e. The van der Waals surface area contributed by atoms with Crippen molar-refractivity contribution < 1.29 is 18.8 Å². The number of anilines is 1. The lowest BCUT2D eigenvalue weighted by Gasteiger charge is -2.27. The van der Waals surface area contributed by atoms with Gasteiger partial charge in [-0.05, 0) is 48.1 Å². The van der Waals surface area contributed by atoms with E-state index < -0.39 is 35.7 Å². The summed E-state index contributed by atoms with van der Waals surface area (Å²) in [7, 11) is 0. The Labute approximate surface area is 188 Å². The lowest BCUT2D eigenvalue weighted by atomic mass is 9.85. The molecule has 3 rings (SSSR count). The molecule has 0 bridgehead atoms. The fourth-order valence-corrected chi connectivity index (χ4v) is 4.12. The van der Waals surface area contributed by atoms with Crippen molar-refractivity contribution in [3.05, 3.63) is 65.0 Å². The topological polar surface area (TPSA) is 78.5 Å². The number of benzene rings is 2. The average molecular weight is 440 g/mol. The molecule has 170 valence electrons. The van der Waals surface area contributed by atoms with Crippen LogP contribution in [0.1, 0.15) is 62.6 Å². The number of carbonyl (C=O) groups excluding carboxylic acids is 3. The van der Waals surface area contributed by atoms with Crippen molar-refractivity contribution in [2.45, 2.75) is 58.4 Å². The van der Waals surface area contributed by atoms with Gasteiger partial charge in [0.1, 0.15) is 17.9 Å². The molecule has 2 aromatic rings. The van der Waals surface area contributed by atoms with Crippen molar-refractivity contribution in [3.63, 3.8) is 0 Å². The van der Waals surface area contributed by atoms with Crippen LogP contribution in [-0.2, 0) is 15.1 Å². The van der Waals surface area contributed by atoms with Gasteiger partial charge in [0.25, 0.3) is 5.91 Å². The Kier molecular flexibility index (Phi) is 6.96. The van der Waals surface area contributed by atoms with Gasteiger partial charge in [0.05, 0.1) is 0 Å². The van der Waals surface area contributed by atoms with E-state index in [1.54, 1.807) is 0 Å². The van der Waals surface area contributed by atoms with Crippen molar-refractivity contribution in [2.75, 3.05) is 11.9 Å². The summed E-state index contributed by atoms with van der Waals surface area (Å²) in [5, 5.41) is 5.67. The summed E-state index contributed by atoms with van der Waals surface area (Å²) in [5.41, 5.74) is 1.81. The number of nitrogens with one attached hydrogen (secondary N) is 2. The maximum absolute atomic E-state index is 13.5. The molecule has 1 aliphatic rings. The maximum atomic E-state index is 13.5. The average Bonchev–Trinajstić information content (AvgIpc) is 2.99. The number of amides is 4. The fourth-order valence-electron chi connectivity index (χ4n) is 4.12. The normalized spacial score (nSPS) is 18.2. The second-order valence-corrected chi connectivity index (χ2v) is 8.58. The number of hydrogen-bond acceptors (Lipinski definition) is 3. The Hall–Kier alpha value is -3.22. The third kappa shape index (κ3) is 4.52. The zero-order valence-corrected chi connectivity index (χ0v) is 19.0. The second-order valence-electron chi connectivity index (χ2n) is 8.58. The van der Waals surface area contributed by atoms with E-state index in [9.17, 15) is 18.8 Å². The van der Waals surface area contributed by atoms with Crippen molar-refractivity contribution in [3.8, 4) is 0 Å². The van der Waals surface area contributed by atoms with Crippen molar-refractivity contribution in [1.82, 2.24) is 10.2 Å². The van der Waals surface area contributed by atoms with Gasteiger partial charge in [0.2, 0.25) is 5.91 Å². The van der Waals surface area contributed by atoms with Crippen LogP contribution in [0.2, 0.25) is 0 Å². The van der Waals surface area contributed by atoms with Gasteiger partial charge in [-0.2, -0.15) is 0 Å². The van der Waals surface area contributed by atoms with Gasteiger partial charge in [0, 0.05) is 5.69 Å². The summed E-state index contributed by atoms with van der Waals surface area (Å²) in [6, 6.07) is 10.7. The highest BCUT2D eigenvalue weighted by atomic mass is 19.1. The van der Waals surface area contributed by atoms with Crippen LogP contribution in [0.4, 0.5) is 14.9 Å². The molecule has 0 radical (unpaired) electrons. The molecule has 0 unspecified atom stereocenters. The van der Waals surface area contributed by atoms with Crippen LogP contribution in [0, 0.1) is 12.7 Å². The summed E-state index contributed by atoms with van der Waals surface area (Å²) in [5.74, 6) is -1.17. The molecule has 0 aliphatic carbocycles. The molecule has 6 nitrogen and oxygen atoms in total. The molecule has 2 N–H and O–H groups in total. The Bertz CT molecular complexity index is 1020. The minimum Gasteiger partial charge on any atom is -0.324 e. The minimum absolute atomic E-state index is 0.196. The summed E-state index contributed by atoms with van der Waals surface area (Å²) in [6.07, 6.45) is 1.87. The van der Waals surface area contributed by atoms with E-state index in [0.29, 0.717) is 24.1 Å². The molecule has 2 aromatic carbocycles. The first-order valence-electron chi connectivity index (χ1n) is 11.0. The van der Waals surface area contributed by atoms with E-state index in [2.05, 4.69) is 10.6 Å². The van der Waals surface area contributed by atoms with E-state index >= 15 is 0 Å². The molecule has 0 aromatic heterocycles. The zero-order chi connectivity index (χ0) is 23.5. The van der Waals surface area contributed by atoms with Gasteiger partial charge in [0.15, 0.2) is 0 Å². The van der Waals surface area contributed by atoms with Crippen molar-refractivity contribution >= 4 is 23.5 Å². The highest BCUT2D eigenvalue weighted by Crippen LogP contribution is 2.34. The molecule has 1 saturated heterocycles. The molecule has 1 aliphatic heterocycles. The lowest BCUT2D eigenvalue weighted by molar-refractivity contribution is -0.134. The number of para-hydroxylation sites is 1. The Morgan fingerprint density at radius 2 is 1.84 bits per heavy atom. The molecule has 4 amide bonds. The quantitative estimate of drug-likeness (QED) is 0.578. The summed E-state index contributed by atoms with van der Waals surface area (Å²) < 4.78 is 13.5. The summed E-state index contributed by atoms with van der Waals surface area (Å²) in [6.45, 7) is 7.56. The van der Waals surface area contributed by atoms with Crippen LogP contribution >= 0.6 is 0 Å². The molecular weight excluding hydrogens is 409 g/mol. The third-order valence-corrected chi connectivity index (χ3v) is 5.91. The predicted octanol–water partition coefficient (Wildman–Crippen LogP) is 4.83. The van der Waals surface area contributed by atoms with E-state index in [4.69, 9.17) is 0 Å². The van der Waals surface area contributed by atoms with Crippen LogP contribution in [0.3, 0.4) is 0 Å². The fraction of sp³-hybridized carbons (Fsp3) is 0.400. The number of urea groups is 1. The summed E-state index contributed by atoms with van der Waals surface area (Å²) >= 11 is 0.